The van der Waals surface area contributed by atoms with Crippen molar-refractivity contribution in [3.63, 3.8) is 0 Å². The van der Waals surface area contributed by atoms with Gasteiger partial charge in [0.2, 0.25) is 0 Å². The van der Waals surface area contributed by atoms with Crippen LogP contribution in [0.1, 0.15) is 29.6 Å². The second kappa shape index (κ2) is 7.41. The van der Waals surface area contributed by atoms with Gasteiger partial charge in [0.1, 0.15) is 11.5 Å². The van der Waals surface area contributed by atoms with Crippen LogP contribution in [0.15, 0.2) is 18.2 Å². The molecule has 5 nitrogen and oxygen atoms in total. The van der Waals surface area contributed by atoms with E-state index in [2.05, 4.69) is 5.32 Å². The Bertz CT molecular complexity index is 559. The third-order valence-electron chi connectivity index (χ3n) is 5.03. The first-order valence-electron chi connectivity index (χ1n) is 7.89. The summed E-state index contributed by atoms with van der Waals surface area (Å²) < 4.78 is 10.6. The third kappa shape index (κ3) is 3.56. The van der Waals surface area contributed by atoms with E-state index in [1.807, 2.05) is 11.0 Å². The second-order valence-corrected chi connectivity index (χ2v) is 6.29. The highest BCUT2D eigenvalue weighted by atomic mass is 35.5. The van der Waals surface area contributed by atoms with Crippen LogP contribution >= 0.6 is 12.4 Å². The Morgan fingerprint density at radius 2 is 1.91 bits per heavy atom. The summed E-state index contributed by atoms with van der Waals surface area (Å²) >= 11 is 0. The molecule has 0 bridgehead atoms. The average molecular weight is 341 g/mol. The average Bonchev–Trinajstić information content (AvgIpc) is 2.97. The molecule has 1 aromatic rings. The van der Waals surface area contributed by atoms with Gasteiger partial charge in [-0.15, -0.1) is 12.4 Å². The first-order chi connectivity index (χ1) is 10.7. The lowest BCUT2D eigenvalue weighted by Gasteiger charge is -2.33. The zero-order valence-corrected chi connectivity index (χ0v) is 14.6. The van der Waals surface area contributed by atoms with Gasteiger partial charge in [-0.05, 0) is 49.9 Å². The van der Waals surface area contributed by atoms with Gasteiger partial charge >= 0.3 is 0 Å². The summed E-state index contributed by atoms with van der Waals surface area (Å²) in [6, 6.07) is 5.38. The topological polar surface area (TPSA) is 50.8 Å². The van der Waals surface area contributed by atoms with Crippen molar-refractivity contribution in [1.82, 2.24) is 10.2 Å². The lowest BCUT2D eigenvalue weighted by atomic mass is 9.78. The maximum absolute atomic E-state index is 12.8. The summed E-state index contributed by atoms with van der Waals surface area (Å²) in [5, 5.41) is 3.41. The maximum atomic E-state index is 12.8. The van der Waals surface area contributed by atoms with Crippen molar-refractivity contribution < 1.29 is 14.3 Å². The number of likely N-dealkylation sites (tertiary alicyclic amines) is 1. The SMILES string of the molecule is COc1ccc(C(=O)N2CCC3(CCNCC3)C2)c(OC)c1.Cl. The molecule has 2 heterocycles. The number of benzene rings is 1. The van der Waals surface area contributed by atoms with Crippen LogP contribution in [0.3, 0.4) is 0 Å². The number of rotatable bonds is 3. The largest absolute Gasteiger partial charge is 0.497 e. The van der Waals surface area contributed by atoms with Crippen LogP contribution in [0.4, 0.5) is 0 Å². The molecule has 1 spiro atoms. The zero-order chi connectivity index (χ0) is 15.6. The van der Waals surface area contributed by atoms with Crippen molar-refractivity contribution in [2.75, 3.05) is 40.4 Å². The molecule has 0 unspecified atom stereocenters. The predicted molar refractivity (Wildman–Crippen MR) is 91.9 cm³/mol. The molecule has 0 radical (unpaired) electrons. The lowest BCUT2D eigenvalue weighted by Crippen LogP contribution is -2.39. The fourth-order valence-corrected chi connectivity index (χ4v) is 3.62. The number of hydrogen-bond donors (Lipinski definition) is 1. The molecule has 0 aromatic heterocycles. The summed E-state index contributed by atoms with van der Waals surface area (Å²) in [5.41, 5.74) is 0.940. The number of halogens is 1. The summed E-state index contributed by atoms with van der Waals surface area (Å²) in [7, 11) is 3.20. The molecule has 2 saturated heterocycles. The molecule has 0 aliphatic carbocycles. The Morgan fingerprint density at radius 3 is 2.57 bits per heavy atom. The molecule has 23 heavy (non-hydrogen) atoms. The fourth-order valence-electron chi connectivity index (χ4n) is 3.62. The molecule has 1 aromatic carbocycles. The Labute approximate surface area is 143 Å². The van der Waals surface area contributed by atoms with E-state index in [9.17, 15) is 4.79 Å². The van der Waals surface area contributed by atoms with Gasteiger partial charge in [0, 0.05) is 19.2 Å². The number of carbonyl (C=O) groups is 1. The monoisotopic (exact) mass is 340 g/mol. The summed E-state index contributed by atoms with van der Waals surface area (Å²) in [6.45, 7) is 3.83. The third-order valence-corrected chi connectivity index (χ3v) is 5.03. The maximum Gasteiger partial charge on any atom is 0.257 e. The van der Waals surface area contributed by atoms with Gasteiger partial charge < -0.3 is 19.7 Å². The quantitative estimate of drug-likeness (QED) is 0.917. The van der Waals surface area contributed by atoms with E-state index < -0.39 is 0 Å². The number of hydrogen-bond acceptors (Lipinski definition) is 4. The Hall–Kier alpha value is -1.46. The molecule has 6 heteroatoms. The van der Waals surface area contributed by atoms with Gasteiger partial charge in [0.25, 0.3) is 5.91 Å². The first-order valence-corrected chi connectivity index (χ1v) is 7.89. The first kappa shape index (κ1) is 17.9. The molecule has 1 N–H and O–H groups in total. The number of ether oxygens (including phenoxy) is 2. The molecule has 0 saturated carbocycles. The van der Waals surface area contributed by atoms with Gasteiger partial charge in [0.05, 0.1) is 19.8 Å². The van der Waals surface area contributed by atoms with Crippen molar-refractivity contribution in [3.05, 3.63) is 23.8 Å². The van der Waals surface area contributed by atoms with Gasteiger partial charge in [-0.1, -0.05) is 0 Å². The van der Waals surface area contributed by atoms with E-state index >= 15 is 0 Å². The van der Waals surface area contributed by atoms with Gasteiger partial charge in [0.15, 0.2) is 0 Å². The van der Waals surface area contributed by atoms with E-state index in [0.29, 0.717) is 22.5 Å². The van der Waals surface area contributed by atoms with Crippen molar-refractivity contribution >= 4 is 18.3 Å². The minimum atomic E-state index is 0. The summed E-state index contributed by atoms with van der Waals surface area (Å²) in [6.07, 6.45) is 3.44. The minimum absolute atomic E-state index is 0. The van der Waals surface area contributed by atoms with Gasteiger partial charge in [-0.3, -0.25) is 4.79 Å². The van der Waals surface area contributed by atoms with Crippen LogP contribution in [0.25, 0.3) is 0 Å². The Kier molecular flexibility index (Phi) is 5.76. The highest BCUT2D eigenvalue weighted by Crippen LogP contribution is 2.39. The Balaban J connectivity index is 0.00000192. The van der Waals surface area contributed by atoms with E-state index in [0.717, 1.165) is 45.4 Å². The van der Waals surface area contributed by atoms with Crippen LogP contribution in [0, 0.1) is 5.41 Å². The zero-order valence-electron chi connectivity index (χ0n) is 13.8. The van der Waals surface area contributed by atoms with E-state index in [-0.39, 0.29) is 18.3 Å². The predicted octanol–water partition coefficient (Wildman–Crippen LogP) is 2.34. The van der Waals surface area contributed by atoms with E-state index in [1.54, 1.807) is 26.4 Å². The van der Waals surface area contributed by atoms with Crippen molar-refractivity contribution in [1.29, 1.82) is 0 Å². The number of amides is 1. The second-order valence-electron chi connectivity index (χ2n) is 6.29. The summed E-state index contributed by atoms with van der Waals surface area (Å²) in [4.78, 5) is 14.8. The molecular formula is C17H25ClN2O3. The van der Waals surface area contributed by atoms with Crippen LogP contribution in [0.5, 0.6) is 11.5 Å². The summed E-state index contributed by atoms with van der Waals surface area (Å²) in [5.74, 6) is 1.34. The van der Waals surface area contributed by atoms with Crippen molar-refractivity contribution in [2.45, 2.75) is 19.3 Å². The standard InChI is InChI=1S/C17H24N2O3.ClH/c1-21-13-3-4-14(15(11-13)22-2)16(20)19-10-7-17(12-19)5-8-18-9-6-17;/h3-4,11,18H,5-10,12H2,1-2H3;1H. The van der Waals surface area contributed by atoms with Crippen LogP contribution in [-0.2, 0) is 0 Å². The smallest absolute Gasteiger partial charge is 0.257 e. The molecular weight excluding hydrogens is 316 g/mol. The van der Waals surface area contributed by atoms with Gasteiger partial charge in [-0.25, -0.2) is 0 Å². The number of carbonyl (C=O) groups excluding carboxylic acids is 1. The van der Waals surface area contributed by atoms with Crippen molar-refractivity contribution in [2.24, 2.45) is 5.41 Å². The Morgan fingerprint density at radius 1 is 1.17 bits per heavy atom. The van der Waals surface area contributed by atoms with Crippen LogP contribution in [0.2, 0.25) is 0 Å². The fraction of sp³-hybridized carbons (Fsp3) is 0.588. The normalized spacial score (nSPS) is 19.3. The molecule has 1 amide bonds. The molecule has 128 valence electrons. The highest BCUT2D eigenvalue weighted by Gasteiger charge is 2.41. The highest BCUT2D eigenvalue weighted by molar-refractivity contribution is 5.97. The lowest BCUT2D eigenvalue weighted by molar-refractivity contribution is 0.0758. The number of nitrogens with zero attached hydrogens (tertiary/aromatic N) is 1. The van der Waals surface area contributed by atoms with E-state index in [4.69, 9.17) is 9.47 Å². The molecule has 2 aliphatic rings. The van der Waals surface area contributed by atoms with Crippen LogP contribution < -0.4 is 14.8 Å². The number of piperidine rings is 1. The molecule has 0 atom stereocenters. The minimum Gasteiger partial charge on any atom is -0.497 e. The number of nitrogens with one attached hydrogen (secondary N) is 1. The molecule has 2 aliphatic heterocycles. The van der Waals surface area contributed by atoms with Gasteiger partial charge in [-0.2, -0.15) is 0 Å². The molecule has 3 rings (SSSR count). The molecule has 2 fully saturated rings. The van der Waals surface area contributed by atoms with Crippen LogP contribution in [-0.4, -0.2) is 51.2 Å². The van der Waals surface area contributed by atoms with E-state index in [1.165, 1.54) is 0 Å². The number of methoxy groups -OCH3 is 2. The van der Waals surface area contributed by atoms with Crippen molar-refractivity contribution in [3.8, 4) is 11.5 Å².